The first-order valence-electron chi connectivity index (χ1n) is 6.80. The molecule has 1 aliphatic carbocycles. The van der Waals surface area contributed by atoms with Gasteiger partial charge in [-0.1, -0.05) is 15.9 Å². The molecule has 2 aromatic rings. The maximum absolute atomic E-state index is 13.3. The summed E-state index contributed by atoms with van der Waals surface area (Å²) in [5.74, 6) is -0.00789. The van der Waals surface area contributed by atoms with Gasteiger partial charge in [0, 0.05) is 40.6 Å². The van der Waals surface area contributed by atoms with Crippen molar-refractivity contribution in [3.63, 3.8) is 0 Å². The van der Waals surface area contributed by atoms with Gasteiger partial charge in [0.25, 0.3) is 0 Å². The van der Waals surface area contributed by atoms with Gasteiger partial charge in [-0.25, -0.2) is 9.37 Å². The number of hydrogen-bond acceptors (Lipinski definition) is 4. The summed E-state index contributed by atoms with van der Waals surface area (Å²) >= 11 is 3.22. The van der Waals surface area contributed by atoms with Crippen molar-refractivity contribution in [2.45, 2.75) is 32.4 Å². The van der Waals surface area contributed by atoms with E-state index in [1.807, 2.05) is 6.92 Å². The fraction of sp³-hybridized carbons (Fsp3) is 0.333. The standard InChI is InChI=1S/C15H15BrFN3O/c1-9-10(7-18-13-2-3-13)8-19-15(20-9)21-14-5-11(16)4-12(17)6-14/h4-6,8,13,18H,2-3,7H2,1H3. The third-order valence-electron chi connectivity index (χ3n) is 3.26. The average Bonchev–Trinajstić information content (AvgIpc) is 3.20. The summed E-state index contributed by atoms with van der Waals surface area (Å²) in [6, 6.07) is 5.20. The molecule has 0 aliphatic heterocycles. The van der Waals surface area contributed by atoms with Crippen LogP contribution in [0.4, 0.5) is 4.39 Å². The van der Waals surface area contributed by atoms with Gasteiger partial charge < -0.3 is 10.1 Å². The van der Waals surface area contributed by atoms with E-state index < -0.39 is 0 Å². The zero-order valence-corrected chi connectivity index (χ0v) is 13.2. The van der Waals surface area contributed by atoms with E-state index in [2.05, 4.69) is 31.2 Å². The fourth-order valence-corrected chi connectivity index (χ4v) is 2.37. The van der Waals surface area contributed by atoms with Crippen LogP contribution in [0.15, 0.2) is 28.9 Å². The maximum Gasteiger partial charge on any atom is 0.322 e. The molecule has 1 fully saturated rings. The summed E-state index contributed by atoms with van der Waals surface area (Å²) in [5, 5.41) is 3.42. The summed E-state index contributed by atoms with van der Waals surface area (Å²) in [6.45, 7) is 2.68. The SMILES string of the molecule is Cc1nc(Oc2cc(F)cc(Br)c2)ncc1CNC1CC1. The number of aryl methyl sites for hydroxylation is 1. The smallest absolute Gasteiger partial charge is 0.322 e. The lowest BCUT2D eigenvalue weighted by Gasteiger charge is -2.09. The van der Waals surface area contributed by atoms with Crippen LogP contribution < -0.4 is 10.1 Å². The molecule has 1 aliphatic rings. The van der Waals surface area contributed by atoms with Crippen molar-refractivity contribution < 1.29 is 9.13 Å². The highest BCUT2D eigenvalue weighted by Gasteiger charge is 2.20. The number of aromatic nitrogens is 2. The molecule has 0 atom stereocenters. The molecule has 1 N–H and O–H groups in total. The Morgan fingerprint density at radius 1 is 1.38 bits per heavy atom. The number of nitrogens with one attached hydrogen (secondary N) is 1. The first kappa shape index (κ1) is 14.4. The van der Waals surface area contributed by atoms with Crippen LogP contribution in [-0.4, -0.2) is 16.0 Å². The van der Waals surface area contributed by atoms with Gasteiger partial charge in [-0.15, -0.1) is 0 Å². The zero-order valence-electron chi connectivity index (χ0n) is 11.6. The molecule has 1 heterocycles. The summed E-state index contributed by atoms with van der Waals surface area (Å²) in [6.07, 6.45) is 4.24. The largest absolute Gasteiger partial charge is 0.424 e. The first-order valence-corrected chi connectivity index (χ1v) is 7.59. The lowest BCUT2D eigenvalue weighted by Crippen LogP contribution is -2.16. The Balaban J connectivity index is 1.71. The van der Waals surface area contributed by atoms with E-state index in [1.54, 1.807) is 12.3 Å². The highest BCUT2D eigenvalue weighted by atomic mass is 79.9. The van der Waals surface area contributed by atoms with Crippen molar-refractivity contribution in [2.75, 3.05) is 0 Å². The fourth-order valence-electron chi connectivity index (χ4n) is 1.93. The van der Waals surface area contributed by atoms with Crippen molar-refractivity contribution in [1.29, 1.82) is 0 Å². The van der Waals surface area contributed by atoms with Crippen LogP contribution in [0.1, 0.15) is 24.1 Å². The van der Waals surface area contributed by atoms with Crippen molar-refractivity contribution in [1.82, 2.24) is 15.3 Å². The lowest BCUT2D eigenvalue weighted by molar-refractivity contribution is 0.435. The highest BCUT2D eigenvalue weighted by Crippen LogP contribution is 2.24. The topological polar surface area (TPSA) is 47.0 Å². The summed E-state index contributed by atoms with van der Waals surface area (Å²) in [4.78, 5) is 8.50. The second-order valence-electron chi connectivity index (χ2n) is 5.13. The molecule has 0 bridgehead atoms. The second kappa shape index (κ2) is 6.07. The third-order valence-corrected chi connectivity index (χ3v) is 3.72. The molecule has 1 saturated carbocycles. The monoisotopic (exact) mass is 351 g/mol. The Bertz CT molecular complexity index is 641. The lowest BCUT2D eigenvalue weighted by atomic mass is 10.2. The Kier molecular flexibility index (Phi) is 4.17. The number of hydrogen-bond donors (Lipinski definition) is 1. The van der Waals surface area contributed by atoms with Gasteiger partial charge in [0.1, 0.15) is 11.6 Å². The minimum atomic E-state index is -0.374. The molecule has 0 radical (unpaired) electrons. The van der Waals surface area contributed by atoms with Crippen molar-refractivity contribution in [3.8, 4) is 11.8 Å². The van der Waals surface area contributed by atoms with Crippen LogP contribution in [0.25, 0.3) is 0 Å². The van der Waals surface area contributed by atoms with Crippen molar-refractivity contribution >= 4 is 15.9 Å². The van der Waals surface area contributed by atoms with Gasteiger partial charge in [0.05, 0.1) is 0 Å². The number of nitrogens with zero attached hydrogens (tertiary/aromatic N) is 2. The summed E-state index contributed by atoms with van der Waals surface area (Å²) in [7, 11) is 0. The summed E-state index contributed by atoms with van der Waals surface area (Å²) < 4.78 is 19.4. The molecular formula is C15H15BrFN3O. The molecule has 0 unspecified atom stereocenters. The van der Waals surface area contributed by atoms with E-state index in [9.17, 15) is 4.39 Å². The van der Waals surface area contributed by atoms with E-state index in [-0.39, 0.29) is 11.8 Å². The van der Waals surface area contributed by atoms with E-state index in [1.165, 1.54) is 25.0 Å². The van der Waals surface area contributed by atoms with Gasteiger partial charge in [-0.2, -0.15) is 4.98 Å². The molecule has 0 saturated heterocycles. The Morgan fingerprint density at radius 3 is 2.86 bits per heavy atom. The average molecular weight is 352 g/mol. The van der Waals surface area contributed by atoms with Crippen LogP contribution in [0.3, 0.4) is 0 Å². The maximum atomic E-state index is 13.3. The molecule has 0 amide bonds. The van der Waals surface area contributed by atoms with E-state index in [0.29, 0.717) is 16.3 Å². The quantitative estimate of drug-likeness (QED) is 0.891. The Morgan fingerprint density at radius 2 is 2.19 bits per heavy atom. The highest BCUT2D eigenvalue weighted by molar-refractivity contribution is 9.10. The van der Waals surface area contributed by atoms with E-state index >= 15 is 0 Å². The number of benzene rings is 1. The van der Waals surface area contributed by atoms with Gasteiger partial charge in [0.15, 0.2) is 0 Å². The predicted octanol–water partition coefficient (Wildman–Crippen LogP) is 3.73. The van der Waals surface area contributed by atoms with Crippen molar-refractivity contribution in [2.24, 2.45) is 0 Å². The second-order valence-corrected chi connectivity index (χ2v) is 6.04. The van der Waals surface area contributed by atoms with Gasteiger partial charge in [-0.05, 0) is 31.9 Å². The predicted molar refractivity (Wildman–Crippen MR) is 80.8 cm³/mol. The molecule has 4 nitrogen and oxygen atoms in total. The molecule has 1 aromatic heterocycles. The van der Waals surface area contributed by atoms with Crippen LogP contribution in [0.2, 0.25) is 0 Å². The molecule has 6 heteroatoms. The molecular weight excluding hydrogens is 337 g/mol. The zero-order chi connectivity index (χ0) is 14.8. The Hall–Kier alpha value is -1.53. The molecule has 1 aromatic carbocycles. The molecule has 110 valence electrons. The number of halogens is 2. The minimum Gasteiger partial charge on any atom is -0.424 e. The first-order chi connectivity index (χ1) is 10.1. The van der Waals surface area contributed by atoms with Gasteiger partial charge >= 0.3 is 6.01 Å². The Labute approximate surface area is 130 Å². The van der Waals surface area contributed by atoms with Crippen LogP contribution >= 0.6 is 15.9 Å². The van der Waals surface area contributed by atoms with Crippen LogP contribution in [0, 0.1) is 12.7 Å². The molecule has 21 heavy (non-hydrogen) atoms. The van der Waals surface area contributed by atoms with Gasteiger partial charge in [-0.3, -0.25) is 0 Å². The molecule has 0 spiro atoms. The molecule has 3 rings (SSSR count). The minimum absolute atomic E-state index is 0.222. The number of rotatable bonds is 5. The van der Waals surface area contributed by atoms with E-state index in [0.717, 1.165) is 17.8 Å². The van der Waals surface area contributed by atoms with E-state index in [4.69, 9.17) is 4.74 Å². The number of ether oxygens (including phenoxy) is 1. The van der Waals surface area contributed by atoms with Crippen molar-refractivity contribution in [3.05, 3.63) is 45.9 Å². The normalized spacial score (nSPS) is 14.2. The van der Waals surface area contributed by atoms with Gasteiger partial charge in [0.2, 0.25) is 0 Å². The van der Waals surface area contributed by atoms with Crippen LogP contribution in [-0.2, 0) is 6.54 Å². The van der Waals surface area contributed by atoms with Crippen LogP contribution in [0.5, 0.6) is 11.8 Å². The summed E-state index contributed by atoms with van der Waals surface area (Å²) in [5.41, 5.74) is 1.92. The third kappa shape index (κ3) is 3.98.